The molecule has 1 N–H and O–H groups in total. The van der Waals surface area contributed by atoms with Gasteiger partial charge in [0.05, 0.1) is 5.56 Å². The fraction of sp³-hybridized carbons (Fsp3) is 0.0625. The van der Waals surface area contributed by atoms with Crippen molar-refractivity contribution in [2.75, 3.05) is 0 Å². The number of fused-ring (bicyclic) bond motifs is 1. The average Bonchev–Trinajstić information content (AvgIpc) is 2.74. The number of carbonyl (C=O) groups is 1. The molecule has 3 aromatic rings. The highest BCUT2D eigenvalue weighted by Gasteiger charge is 2.15. The van der Waals surface area contributed by atoms with Gasteiger partial charge >= 0.3 is 5.97 Å². The molecule has 2 aromatic carbocycles. The van der Waals surface area contributed by atoms with Crippen LogP contribution in [0.25, 0.3) is 21.2 Å². The Hall–Kier alpha value is -2.20. The summed E-state index contributed by atoms with van der Waals surface area (Å²) in [4.78, 5) is 12.1. The van der Waals surface area contributed by atoms with E-state index in [1.165, 1.54) is 6.07 Å². The van der Waals surface area contributed by atoms with Crippen molar-refractivity contribution in [2.24, 2.45) is 0 Å². The Kier molecular flexibility index (Phi) is 3.03. The number of carboxylic acids is 1. The maximum absolute atomic E-state index is 14.0. The van der Waals surface area contributed by atoms with Crippen LogP contribution in [0.15, 0.2) is 42.5 Å². The summed E-state index contributed by atoms with van der Waals surface area (Å²) >= 11 is 1.54. The molecule has 0 bridgehead atoms. The van der Waals surface area contributed by atoms with Gasteiger partial charge in [0.1, 0.15) is 5.82 Å². The van der Waals surface area contributed by atoms with Crippen molar-refractivity contribution in [2.45, 2.75) is 6.92 Å². The highest BCUT2D eigenvalue weighted by Crippen LogP contribution is 2.39. The Morgan fingerprint density at radius 3 is 2.65 bits per heavy atom. The number of benzene rings is 2. The van der Waals surface area contributed by atoms with E-state index in [9.17, 15) is 9.18 Å². The van der Waals surface area contributed by atoms with E-state index in [1.807, 2.05) is 6.92 Å². The predicted octanol–water partition coefficient (Wildman–Crippen LogP) is 4.71. The molecule has 4 heteroatoms. The lowest BCUT2D eigenvalue weighted by Gasteiger charge is -2.04. The molecular weight excluding hydrogens is 275 g/mol. The van der Waals surface area contributed by atoms with Crippen molar-refractivity contribution in [1.82, 2.24) is 0 Å². The summed E-state index contributed by atoms with van der Waals surface area (Å²) in [6, 6.07) is 11.5. The summed E-state index contributed by atoms with van der Waals surface area (Å²) in [6.07, 6.45) is 0. The van der Waals surface area contributed by atoms with Gasteiger partial charge in [-0.2, -0.15) is 0 Å². The maximum atomic E-state index is 14.0. The number of hydrogen-bond donors (Lipinski definition) is 1. The van der Waals surface area contributed by atoms with Gasteiger partial charge in [-0.25, -0.2) is 9.18 Å². The van der Waals surface area contributed by atoms with Crippen molar-refractivity contribution < 1.29 is 14.3 Å². The van der Waals surface area contributed by atoms with Crippen molar-refractivity contribution in [3.8, 4) is 11.1 Å². The van der Waals surface area contributed by atoms with Crippen LogP contribution in [0.2, 0.25) is 0 Å². The number of halogens is 1. The van der Waals surface area contributed by atoms with Gasteiger partial charge in [-0.3, -0.25) is 0 Å². The fourth-order valence-electron chi connectivity index (χ4n) is 2.35. The summed E-state index contributed by atoms with van der Waals surface area (Å²) in [5, 5.41) is 9.89. The molecule has 0 saturated carbocycles. The highest BCUT2D eigenvalue weighted by atomic mass is 32.1. The zero-order valence-corrected chi connectivity index (χ0v) is 11.5. The number of aromatic carboxylic acids is 1. The first-order valence-electron chi connectivity index (χ1n) is 6.09. The van der Waals surface area contributed by atoms with Crippen LogP contribution in [0.5, 0.6) is 0 Å². The minimum Gasteiger partial charge on any atom is -0.478 e. The van der Waals surface area contributed by atoms with Gasteiger partial charge in [0, 0.05) is 26.1 Å². The Labute approximate surface area is 119 Å². The molecule has 0 unspecified atom stereocenters. The van der Waals surface area contributed by atoms with Gasteiger partial charge in [-0.15, -0.1) is 11.3 Å². The van der Waals surface area contributed by atoms with Gasteiger partial charge in [0.15, 0.2) is 0 Å². The van der Waals surface area contributed by atoms with E-state index in [4.69, 9.17) is 5.11 Å². The summed E-state index contributed by atoms with van der Waals surface area (Å²) in [5.41, 5.74) is 1.51. The Balaban J connectivity index is 2.35. The van der Waals surface area contributed by atoms with Crippen molar-refractivity contribution in [1.29, 1.82) is 0 Å². The van der Waals surface area contributed by atoms with Gasteiger partial charge < -0.3 is 5.11 Å². The Bertz CT molecular complexity index is 820. The summed E-state index contributed by atoms with van der Waals surface area (Å²) in [6.45, 7) is 1.92. The summed E-state index contributed by atoms with van der Waals surface area (Å²) in [7, 11) is 0. The van der Waals surface area contributed by atoms with Crippen LogP contribution in [0.3, 0.4) is 0 Å². The maximum Gasteiger partial charge on any atom is 0.335 e. The molecule has 0 aliphatic heterocycles. The van der Waals surface area contributed by atoms with Crippen LogP contribution in [-0.4, -0.2) is 11.1 Å². The zero-order valence-electron chi connectivity index (χ0n) is 10.7. The second-order valence-electron chi connectivity index (χ2n) is 4.53. The minimum atomic E-state index is -0.977. The molecule has 20 heavy (non-hydrogen) atoms. The van der Waals surface area contributed by atoms with Crippen molar-refractivity contribution >= 4 is 27.4 Å². The minimum absolute atomic E-state index is 0.216. The molecule has 0 amide bonds. The van der Waals surface area contributed by atoms with E-state index in [-0.39, 0.29) is 11.4 Å². The third-order valence-electron chi connectivity index (χ3n) is 3.25. The molecule has 0 spiro atoms. The van der Waals surface area contributed by atoms with E-state index in [1.54, 1.807) is 47.7 Å². The quantitative estimate of drug-likeness (QED) is 0.740. The second-order valence-corrected chi connectivity index (χ2v) is 5.79. The monoisotopic (exact) mass is 286 g/mol. The number of rotatable bonds is 2. The number of hydrogen-bond acceptors (Lipinski definition) is 2. The predicted molar refractivity (Wildman–Crippen MR) is 78.9 cm³/mol. The van der Waals surface area contributed by atoms with E-state index in [0.717, 1.165) is 20.5 Å². The summed E-state index contributed by atoms with van der Waals surface area (Å²) in [5.74, 6) is -1.27. The molecular formula is C16H11FO2S. The van der Waals surface area contributed by atoms with Crippen LogP contribution in [0, 0.1) is 12.7 Å². The van der Waals surface area contributed by atoms with Gasteiger partial charge in [-0.1, -0.05) is 18.2 Å². The lowest BCUT2D eigenvalue weighted by Crippen LogP contribution is -1.95. The molecule has 0 aliphatic rings. The third-order valence-corrected chi connectivity index (χ3v) is 4.34. The Morgan fingerprint density at radius 2 is 1.95 bits per heavy atom. The molecule has 100 valence electrons. The SMILES string of the molecule is Cc1sc2ccc(C(=O)O)cc2c1-c1ccccc1F. The smallest absolute Gasteiger partial charge is 0.335 e. The molecule has 0 aliphatic carbocycles. The van der Waals surface area contributed by atoms with Crippen LogP contribution in [-0.2, 0) is 0 Å². The molecule has 0 fully saturated rings. The first-order valence-corrected chi connectivity index (χ1v) is 6.91. The van der Waals surface area contributed by atoms with Gasteiger partial charge in [0.25, 0.3) is 0 Å². The largest absolute Gasteiger partial charge is 0.478 e. The standard InChI is InChI=1S/C16H11FO2S/c1-9-15(11-4-2-3-5-13(11)17)12-8-10(16(18)19)6-7-14(12)20-9/h2-8H,1H3,(H,18,19). The van der Waals surface area contributed by atoms with Gasteiger partial charge in [0.2, 0.25) is 0 Å². The molecule has 1 heterocycles. The Morgan fingerprint density at radius 1 is 1.20 bits per heavy atom. The third kappa shape index (κ3) is 1.98. The fourth-order valence-corrected chi connectivity index (χ4v) is 3.41. The summed E-state index contributed by atoms with van der Waals surface area (Å²) < 4.78 is 15.0. The topological polar surface area (TPSA) is 37.3 Å². The first kappa shape index (κ1) is 12.8. The lowest BCUT2D eigenvalue weighted by molar-refractivity contribution is 0.0697. The van der Waals surface area contributed by atoms with Gasteiger partial charge in [-0.05, 0) is 31.2 Å². The van der Waals surface area contributed by atoms with Crippen LogP contribution in [0.4, 0.5) is 4.39 Å². The average molecular weight is 286 g/mol. The van der Waals surface area contributed by atoms with Crippen LogP contribution < -0.4 is 0 Å². The molecule has 0 radical (unpaired) electrons. The van der Waals surface area contributed by atoms with Crippen LogP contribution >= 0.6 is 11.3 Å². The molecule has 3 rings (SSSR count). The first-order chi connectivity index (χ1) is 9.58. The molecule has 2 nitrogen and oxygen atoms in total. The molecule has 0 atom stereocenters. The number of carboxylic acid groups (broad SMARTS) is 1. The second kappa shape index (κ2) is 4.72. The van der Waals surface area contributed by atoms with Crippen molar-refractivity contribution in [3.63, 3.8) is 0 Å². The van der Waals surface area contributed by atoms with E-state index >= 15 is 0 Å². The van der Waals surface area contributed by atoms with E-state index < -0.39 is 5.97 Å². The lowest BCUT2D eigenvalue weighted by atomic mass is 10.0. The van der Waals surface area contributed by atoms with Crippen LogP contribution in [0.1, 0.15) is 15.2 Å². The normalized spacial score (nSPS) is 10.9. The van der Waals surface area contributed by atoms with Crippen molar-refractivity contribution in [3.05, 3.63) is 58.7 Å². The molecule has 1 aromatic heterocycles. The number of thiophene rings is 1. The highest BCUT2D eigenvalue weighted by molar-refractivity contribution is 7.19. The molecule has 0 saturated heterocycles. The van der Waals surface area contributed by atoms with E-state index in [2.05, 4.69) is 0 Å². The van der Waals surface area contributed by atoms with E-state index in [0.29, 0.717) is 5.56 Å². The number of aryl methyl sites for hydroxylation is 1. The zero-order chi connectivity index (χ0) is 14.3.